The van der Waals surface area contributed by atoms with Crippen LogP contribution in [0.15, 0.2) is 17.1 Å². The van der Waals surface area contributed by atoms with Crippen molar-refractivity contribution < 1.29 is 0 Å². The van der Waals surface area contributed by atoms with E-state index < -0.39 is 0 Å². The summed E-state index contributed by atoms with van der Waals surface area (Å²) in [5.41, 5.74) is 3.66. The highest BCUT2D eigenvalue weighted by Crippen LogP contribution is 2.30. The Morgan fingerprint density at radius 1 is 1.29 bits per heavy atom. The van der Waals surface area contributed by atoms with Crippen molar-refractivity contribution in [2.75, 3.05) is 0 Å². The molecule has 2 heterocycles. The van der Waals surface area contributed by atoms with Crippen LogP contribution in [0, 0.1) is 11.3 Å². The van der Waals surface area contributed by atoms with Crippen molar-refractivity contribution in [2.24, 2.45) is 7.05 Å². The number of nitrogens with zero attached hydrogens (tertiary/aromatic N) is 3. The first-order valence-corrected chi connectivity index (χ1v) is 7.39. The van der Waals surface area contributed by atoms with Gasteiger partial charge in [0.1, 0.15) is 11.6 Å². The minimum absolute atomic E-state index is 0.206. The van der Waals surface area contributed by atoms with Crippen molar-refractivity contribution in [3.05, 3.63) is 39.4 Å². The molecule has 0 atom stereocenters. The number of aromatic nitrogens is 3. The number of fused-ring (bicyclic) bond motifs is 1. The highest BCUT2D eigenvalue weighted by Gasteiger charge is 2.21. The van der Waals surface area contributed by atoms with Gasteiger partial charge >= 0.3 is 0 Å². The van der Waals surface area contributed by atoms with Crippen molar-refractivity contribution in [1.82, 2.24) is 14.8 Å². The first kappa shape index (κ1) is 13.6. The highest BCUT2D eigenvalue weighted by molar-refractivity contribution is 5.71. The number of pyridine rings is 1. The van der Waals surface area contributed by atoms with Gasteiger partial charge in [0.05, 0.1) is 5.69 Å². The minimum Gasteiger partial charge on any atom is -0.325 e. The lowest BCUT2D eigenvalue weighted by Gasteiger charge is -2.18. The summed E-state index contributed by atoms with van der Waals surface area (Å²) in [6.07, 6.45) is 8.05. The van der Waals surface area contributed by atoms with Crippen LogP contribution in [0.25, 0.3) is 11.3 Å². The average molecular weight is 282 g/mol. The minimum atomic E-state index is -0.284. The molecular formula is C16H18N4O. The van der Waals surface area contributed by atoms with Gasteiger partial charge in [0, 0.05) is 24.5 Å². The molecule has 0 bridgehead atoms. The summed E-state index contributed by atoms with van der Waals surface area (Å²) >= 11 is 0. The van der Waals surface area contributed by atoms with Gasteiger partial charge in [-0.2, -0.15) is 10.4 Å². The van der Waals surface area contributed by atoms with E-state index in [1.54, 1.807) is 10.9 Å². The molecule has 0 aromatic carbocycles. The number of nitriles is 1. The molecule has 0 saturated carbocycles. The summed E-state index contributed by atoms with van der Waals surface area (Å²) in [5, 5.41) is 13.6. The van der Waals surface area contributed by atoms with E-state index in [1.807, 2.05) is 13.1 Å². The van der Waals surface area contributed by atoms with Gasteiger partial charge in [-0.1, -0.05) is 12.8 Å². The lowest BCUT2D eigenvalue weighted by molar-refractivity contribution is 0.607. The fourth-order valence-corrected chi connectivity index (χ4v) is 3.15. The van der Waals surface area contributed by atoms with E-state index in [-0.39, 0.29) is 11.1 Å². The second kappa shape index (κ2) is 5.57. The van der Waals surface area contributed by atoms with Crippen LogP contribution in [0.1, 0.15) is 42.5 Å². The lowest BCUT2D eigenvalue weighted by Crippen LogP contribution is -2.19. The Morgan fingerprint density at radius 3 is 2.71 bits per heavy atom. The first-order chi connectivity index (χ1) is 10.2. The largest absolute Gasteiger partial charge is 0.325 e. The second-order valence-corrected chi connectivity index (χ2v) is 5.53. The third kappa shape index (κ3) is 2.38. The van der Waals surface area contributed by atoms with Crippen molar-refractivity contribution >= 4 is 0 Å². The van der Waals surface area contributed by atoms with Gasteiger partial charge in [-0.05, 0) is 37.3 Å². The number of aryl methyl sites for hydroxylation is 2. The van der Waals surface area contributed by atoms with Crippen molar-refractivity contribution in [3.63, 3.8) is 0 Å². The van der Waals surface area contributed by atoms with Crippen LogP contribution >= 0.6 is 0 Å². The topological polar surface area (TPSA) is 74.5 Å². The van der Waals surface area contributed by atoms with E-state index in [2.05, 4.69) is 16.2 Å². The summed E-state index contributed by atoms with van der Waals surface area (Å²) in [5.74, 6) is 0. The molecule has 0 amide bonds. The predicted molar refractivity (Wildman–Crippen MR) is 79.9 cm³/mol. The molecule has 5 nitrogen and oxygen atoms in total. The van der Waals surface area contributed by atoms with E-state index in [4.69, 9.17) is 0 Å². The van der Waals surface area contributed by atoms with Gasteiger partial charge in [0.15, 0.2) is 0 Å². The van der Waals surface area contributed by atoms with Crippen LogP contribution in [0.3, 0.4) is 0 Å². The molecule has 1 aliphatic carbocycles. The van der Waals surface area contributed by atoms with Gasteiger partial charge in [-0.3, -0.25) is 9.48 Å². The molecule has 2 aromatic heterocycles. The number of rotatable bonds is 1. The molecule has 3 rings (SSSR count). The van der Waals surface area contributed by atoms with Crippen molar-refractivity contribution in [2.45, 2.75) is 38.5 Å². The van der Waals surface area contributed by atoms with E-state index in [1.165, 1.54) is 12.8 Å². The highest BCUT2D eigenvalue weighted by atomic mass is 16.1. The smallest absolute Gasteiger partial charge is 0.266 e. The van der Waals surface area contributed by atoms with E-state index >= 15 is 0 Å². The Balaban J connectivity index is 2.32. The number of H-pyrrole nitrogens is 1. The monoisotopic (exact) mass is 282 g/mol. The maximum absolute atomic E-state index is 12.2. The third-order valence-electron chi connectivity index (χ3n) is 4.20. The SMILES string of the molecule is Cn1nccc1-c1c2c([nH]c(=O)c1C#N)CCCCCC2. The summed E-state index contributed by atoms with van der Waals surface area (Å²) in [6, 6.07) is 3.95. The zero-order valence-corrected chi connectivity index (χ0v) is 12.1. The van der Waals surface area contributed by atoms with Gasteiger partial charge in [-0.15, -0.1) is 0 Å². The number of nitrogens with one attached hydrogen (secondary N) is 1. The summed E-state index contributed by atoms with van der Waals surface area (Å²) in [6.45, 7) is 0. The summed E-state index contributed by atoms with van der Waals surface area (Å²) < 4.78 is 1.73. The Labute approximate surface area is 123 Å². The quantitative estimate of drug-likeness (QED) is 0.872. The van der Waals surface area contributed by atoms with E-state index in [0.29, 0.717) is 0 Å². The van der Waals surface area contributed by atoms with E-state index in [9.17, 15) is 10.1 Å². The number of hydrogen-bond acceptors (Lipinski definition) is 3. The fourth-order valence-electron chi connectivity index (χ4n) is 3.15. The van der Waals surface area contributed by atoms with Crippen LogP contribution in [0.4, 0.5) is 0 Å². The molecule has 1 N–H and O–H groups in total. The van der Waals surface area contributed by atoms with Crippen LogP contribution in [-0.2, 0) is 19.9 Å². The van der Waals surface area contributed by atoms with Crippen LogP contribution in [0.2, 0.25) is 0 Å². The molecule has 0 unspecified atom stereocenters. The van der Waals surface area contributed by atoms with Crippen molar-refractivity contribution in [3.8, 4) is 17.3 Å². The van der Waals surface area contributed by atoms with Crippen LogP contribution in [-0.4, -0.2) is 14.8 Å². The maximum atomic E-state index is 12.2. The second-order valence-electron chi connectivity index (χ2n) is 5.53. The molecule has 0 radical (unpaired) electrons. The Morgan fingerprint density at radius 2 is 2.05 bits per heavy atom. The molecule has 0 aliphatic heterocycles. The average Bonchev–Trinajstić information content (AvgIpc) is 2.86. The van der Waals surface area contributed by atoms with Crippen molar-refractivity contribution in [1.29, 1.82) is 5.26 Å². The maximum Gasteiger partial charge on any atom is 0.266 e. The zero-order chi connectivity index (χ0) is 14.8. The summed E-state index contributed by atoms with van der Waals surface area (Å²) in [4.78, 5) is 15.2. The number of aromatic amines is 1. The molecule has 108 valence electrons. The molecule has 21 heavy (non-hydrogen) atoms. The molecule has 0 saturated heterocycles. The van der Waals surface area contributed by atoms with Gasteiger partial charge in [0.2, 0.25) is 0 Å². The van der Waals surface area contributed by atoms with Gasteiger partial charge in [-0.25, -0.2) is 0 Å². The summed E-state index contributed by atoms with van der Waals surface area (Å²) in [7, 11) is 1.84. The zero-order valence-electron chi connectivity index (χ0n) is 12.1. The molecular weight excluding hydrogens is 264 g/mol. The third-order valence-corrected chi connectivity index (χ3v) is 4.20. The van der Waals surface area contributed by atoms with Gasteiger partial charge < -0.3 is 4.98 Å². The van der Waals surface area contributed by atoms with Crippen LogP contribution < -0.4 is 5.56 Å². The molecule has 2 aromatic rings. The molecule has 0 spiro atoms. The fraction of sp³-hybridized carbons (Fsp3) is 0.438. The normalized spacial score (nSPS) is 14.9. The standard InChI is InChI=1S/C16H18N4O/c1-20-14(8-9-18-20)15-11-6-4-2-3-5-7-13(11)19-16(21)12(15)10-17/h8-9H,2-7H2,1H3,(H,19,21). The molecule has 5 heteroatoms. The Bertz CT molecular complexity index is 764. The molecule has 1 aliphatic rings. The first-order valence-electron chi connectivity index (χ1n) is 7.39. The number of hydrogen-bond donors (Lipinski definition) is 1. The van der Waals surface area contributed by atoms with Gasteiger partial charge in [0.25, 0.3) is 5.56 Å². The Hall–Kier alpha value is -2.35. The lowest BCUT2D eigenvalue weighted by atomic mass is 9.90. The Kier molecular flexibility index (Phi) is 3.61. The predicted octanol–water partition coefficient (Wildman–Crippen LogP) is 2.31. The molecule has 0 fully saturated rings. The van der Waals surface area contributed by atoms with Crippen LogP contribution in [0.5, 0.6) is 0 Å². The van der Waals surface area contributed by atoms with E-state index in [0.717, 1.165) is 48.2 Å².